The van der Waals surface area contributed by atoms with E-state index in [9.17, 15) is 9.59 Å². The van der Waals surface area contributed by atoms with Gasteiger partial charge in [-0.1, -0.05) is 25.1 Å². The van der Waals surface area contributed by atoms with E-state index in [-0.39, 0.29) is 18.3 Å². The normalized spacial score (nSPS) is 13.2. The van der Waals surface area contributed by atoms with Crippen molar-refractivity contribution in [1.82, 2.24) is 0 Å². The first-order valence-corrected chi connectivity index (χ1v) is 8.54. The van der Waals surface area contributed by atoms with Gasteiger partial charge in [-0.2, -0.15) is 0 Å². The van der Waals surface area contributed by atoms with E-state index in [1.807, 2.05) is 18.2 Å². The number of aryl methyl sites for hydroxylation is 1. The van der Waals surface area contributed by atoms with Crippen molar-refractivity contribution in [2.45, 2.75) is 26.2 Å². The number of ketones is 1. The van der Waals surface area contributed by atoms with Gasteiger partial charge >= 0.3 is 0 Å². The highest BCUT2D eigenvalue weighted by molar-refractivity contribution is 5.97. The van der Waals surface area contributed by atoms with Crippen molar-refractivity contribution in [3.05, 3.63) is 53.6 Å². The highest BCUT2D eigenvalue weighted by atomic mass is 16.5. The summed E-state index contributed by atoms with van der Waals surface area (Å²) in [5, 5.41) is 0. The second-order valence-corrected chi connectivity index (χ2v) is 6.10. The minimum Gasteiger partial charge on any atom is -0.482 e. The number of rotatable bonds is 5. The van der Waals surface area contributed by atoms with Crippen LogP contribution in [0.15, 0.2) is 42.5 Å². The summed E-state index contributed by atoms with van der Waals surface area (Å²) in [6.07, 6.45) is 2.35. The summed E-state index contributed by atoms with van der Waals surface area (Å²) in [6, 6.07) is 12.9. The van der Waals surface area contributed by atoms with E-state index >= 15 is 0 Å². The summed E-state index contributed by atoms with van der Waals surface area (Å²) >= 11 is 0. The van der Waals surface area contributed by atoms with Crippen molar-refractivity contribution in [3.63, 3.8) is 0 Å². The molecule has 0 aromatic heterocycles. The van der Waals surface area contributed by atoms with Gasteiger partial charge in [0.05, 0.1) is 5.69 Å². The Balaban J connectivity index is 1.68. The zero-order chi connectivity index (χ0) is 17.8. The van der Waals surface area contributed by atoms with Gasteiger partial charge in [-0.3, -0.25) is 9.59 Å². The molecule has 2 aromatic rings. The first kappa shape index (κ1) is 17.0. The standard InChI is InChI=1S/C20H22N2O3/c1-2-18(23)15-9-10-19(16(21)12-15)25-13-20(24)22-11-5-7-14-6-3-4-8-17(14)22/h3-4,6,8-10,12H,2,5,7,11,13,21H2,1H3. The SMILES string of the molecule is CCC(=O)c1ccc(OCC(=O)N2CCCc3ccccc32)c(N)c1. The molecule has 1 aliphatic rings. The molecule has 2 N–H and O–H groups in total. The maximum absolute atomic E-state index is 12.6. The lowest BCUT2D eigenvalue weighted by molar-refractivity contribution is -0.120. The van der Waals surface area contributed by atoms with Crippen molar-refractivity contribution in [2.75, 3.05) is 23.8 Å². The van der Waals surface area contributed by atoms with E-state index < -0.39 is 0 Å². The van der Waals surface area contributed by atoms with E-state index in [4.69, 9.17) is 10.5 Å². The van der Waals surface area contributed by atoms with E-state index in [1.54, 1.807) is 30.0 Å². The molecule has 0 saturated heterocycles. The molecule has 0 saturated carbocycles. The molecule has 1 heterocycles. The number of nitrogens with two attached hydrogens (primary N) is 1. The van der Waals surface area contributed by atoms with E-state index in [1.165, 1.54) is 5.56 Å². The second-order valence-electron chi connectivity index (χ2n) is 6.10. The summed E-state index contributed by atoms with van der Waals surface area (Å²) in [7, 11) is 0. The number of anilines is 2. The highest BCUT2D eigenvalue weighted by Crippen LogP contribution is 2.27. The fourth-order valence-electron chi connectivity index (χ4n) is 3.07. The van der Waals surface area contributed by atoms with E-state index in [2.05, 4.69) is 6.07 Å². The molecule has 0 fully saturated rings. The van der Waals surface area contributed by atoms with Gasteiger partial charge < -0.3 is 15.4 Å². The Morgan fingerprint density at radius 2 is 2.00 bits per heavy atom. The average molecular weight is 338 g/mol. The number of amides is 1. The lowest BCUT2D eigenvalue weighted by Gasteiger charge is -2.29. The number of benzene rings is 2. The molecule has 2 aromatic carbocycles. The summed E-state index contributed by atoms with van der Waals surface area (Å²) < 4.78 is 5.61. The predicted octanol–water partition coefficient (Wildman–Crippen LogP) is 3.22. The van der Waals surface area contributed by atoms with Gasteiger partial charge in [0.15, 0.2) is 12.4 Å². The smallest absolute Gasteiger partial charge is 0.264 e. The second kappa shape index (κ2) is 7.38. The van der Waals surface area contributed by atoms with Crippen LogP contribution in [0.2, 0.25) is 0 Å². The number of para-hydroxylation sites is 1. The van der Waals surface area contributed by atoms with Crippen LogP contribution in [0.25, 0.3) is 0 Å². The Labute approximate surface area is 147 Å². The number of nitrogens with zero attached hydrogens (tertiary/aromatic N) is 1. The van der Waals surface area contributed by atoms with Gasteiger partial charge in [-0.15, -0.1) is 0 Å². The molecular formula is C20H22N2O3. The van der Waals surface area contributed by atoms with Crippen LogP contribution in [0.5, 0.6) is 5.75 Å². The predicted molar refractivity (Wildman–Crippen MR) is 98.1 cm³/mol. The molecule has 0 bridgehead atoms. The van der Waals surface area contributed by atoms with Crippen LogP contribution in [-0.2, 0) is 11.2 Å². The Bertz CT molecular complexity index is 801. The third kappa shape index (κ3) is 3.65. The highest BCUT2D eigenvalue weighted by Gasteiger charge is 2.22. The van der Waals surface area contributed by atoms with Crippen molar-refractivity contribution in [3.8, 4) is 5.75 Å². The summed E-state index contributed by atoms with van der Waals surface area (Å²) in [6.45, 7) is 2.41. The van der Waals surface area contributed by atoms with Crippen LogP contribution < -0.4 is 15.4 Å². The maximum atomic E-state index is 12.6. The first-order valence-electron chi connectivity index (χ1n) is 8.54. The van der Waals surface area contributed by atoms with Crippen molar-refractivity contribution < 1.29 is 14.3 Å². The minimum atomic E-state index is -0.0970. The van der Waals surface area contributed by atoms with Gasteiger partial charge in [0.25, 0.3) is 5.91 Å². The van der Waals surface area contributed by atoms with Gasteiger partial charge in [-0.05, 0) is 42.7 Å². The average Bonchev–Trinajstić information content (AvgIpc) is 2.65. The van der Waals surface area contributed by atoms with Crippen LogP contribution in [0.4, 0.5) is 11.4 Å². The first-order chi connectivity index (χ1) is 12.1. The number of fused-ring (bicyclic) bond motifs is 1. The lowest BCUT2D eigenvalue weighted by atomic mass is 10.0. The quantitative estimate of drug-likeness (QED) is 0.671. The van der Waals surface area contributed by atoms with Gasteiger partial charge in [-0.25, -0.2) is 0 Å². The Morgan fingerprint density at radius 1 is 1.20 bits per heavy atom. The number of nitrogen functional groups attached to an aromatic ring is 1. The molecule has 25 heavy (non-hydrogen) atoms. The van der Waals surface area contributed by atoms with Crippen LogP contribution in [0.3, 0.4) is 0 Å². The van der Waals surface area contributed by atoms with Crippen molar-refractivity contribution in [2.24, 2.45) is 0 Å². The Hall–Kier alpha value is -2.82. The molecule has 5 heteroatoms. The van der Waals surface area contributed by atoms with E-state index in [0.29, 0.717) is 30.0 Å². The topological polar surface area (TPSA) is 72.6 Å². The summed E-state index contributed by atoms with van der Waals surface area (Å²) in [4.78, 5) is 26.1. The van der Waals surface area contributed by atoms with Crippen LogP contribution in [0, 0.1) is 0 Å². The number of carbonyl (C=O) groups is 2. The number of Topliss-reactive ketones (excluding diaryl/α,β-unsaturated/α-hetero) is 1. The number of hydrogen-bond donors (Lipinski definition) is 1. The molecule has 0 radical (unpaired) electrons. The van der Waals surface area contributed by atoms with Crippen LogP contribution >= 0.6 is 0 Å². The molecule has 3 rings (SSSR count). The fraction of sp³-hybridized carbons (Fsp3) is 0.300. The monoisotopic (exact) mass is 338 g/mol. The molecule has 5 nitrogen and oxygen atoms in total. The van der Waals surface area contributed by atoms with Crippen molar-refractivity contribution in [1.29, 1.82) is 0 Å². The minimum absolute atomic E-state index is 0.0271. The van der Waals surface area contributed by atoms with Crippen LogP contribution in [0.1, 0.15) is 35.7 Å². The number of carbonyl (C=O) groups excluding carboxylic acids is 2. The zero-order valence-electron chi connectivity index (χ0n) is 14.3. The zero-order valence-corrected chi connectivity index (χ0v) is 14.3. The largest absolute Gasteiger partial charge is 0.482 e. The fourth-order valence-corrected chi connectivity index (χ4v) is 3.07. The van der Waals surface area contributed by atoms with Gasteiger partial charge in [0, 0.05) is 24.2 Å². The van der Waals surface area contributed by atoms with Gasteiger partial charge in [0.2, 0.25) is 0 Å². The Morgan fingerprint density at radius 3 is 2.76 bits per heavy atom. The third-order valence-corrected chi connectivity index (χ3v) is 4.42. The number of hydrogen-bond acceptors (Lipinski definition) is 4. The molecular weight excluding hydrogens is 316 g/mol. The van der Waals surface area contributed by atoms with E-state index in [0.717, 1.165) is 18.5 Å². The summed E-state index contributed by atoms with van der Waals surface area (Å²) in [5.74, 6) is 0.353. The van der Waals surface area contributed by atoms with Crippen LogP contribution in [-0.4, -0.2) is 24.8 Å². The molecule has 0 spiro atoms. The molecule has 0 aliphatic carbocycles. The lowest BCUT2D eigenvalue weighted by Crippen LogP contribution is -2.38. The maximum Gasteiger partial charge on any atom is 0.264 e. The molecule has 130 valence electrons. The number of ether oxygens (including phenoxy) is 1. The summed E-state index contributed by atoms with van der Waals surface area (Å²) in [5.41, 5.74) is 9.02. The molecule has 1 amide bonds. The third-order valence-electron chi connectivity index (χ3n) is 4.42. The molecule has 1 aliphatic heterocycles. The van der Waals surface area contributed by atoms with Crippen molar-refractivity contribution >= 4 is 23.1 Å². The molecule has 0 atom stereocenters. The Kier molecular flexibility index (Phi) is 5.03. The van der Waals surface area contributed by atoms with Gasteiger partial charge in [0.1, 0.15) is 5.75 Å². The molecule has 0 unspecified atom stereocenters.